The number of Topliss-reactive ketones (excluding diaryl/α,β-unsaturated/α-hetero) is 1. The van der Waals surface area contributed by atoms with Crippen molar-refractivity contribution in [3.8, 4) is 0 Å². The van der Waals surface area contributed by atoms with Gasteiger partial charge in [-0.1, -0.05) is 32.9 Å². The van der Waals surface area contributed by atoms with Gasteiger partial charge in [-0.3, -0.25) is 4.79 Å². The number of ketones is 1. The third-order valence-electron chi connectivity index (χ3n) is 3.18. The van der Waals surface area contributed by atoms with Crippen molar-refractivity contribution in [3.05, 3.63) is 34.4 Å². The summed E-state index contributed by atoms with van der Waals surface area (Å²) >= 11 is 0. The van der Waals surface area contributed by atoms with Crippen LogP contribution in [-0.2, 0) is 29.7 Å². The van der Waals surface area contributed by atoms with Crippen LogP contribution in [0.3, 0.4) is 0 Å². The number of hydrogen-bond donors (Lipinski definition) is 1. The van der Waals surface area contributed by atoms with Crippen LogP contribution in [0.15, 0.2) is 12.1 Å². The van der Waals surface area contributed by atoms with Crippen molar-refractivity contribution >= 4 is 5.78 Å². The molecular formula is C14H18O2. The van der Waals surface area contributed by atoms with Crippen LogP contribution >= 0.6 is 0 Å². The molecule has 0 saturated heterocycles. The molecule has 0 amide bonds. The smallest absolute Gasteiger partial charge is 0.141 e. The van der Waals surface area contributed by atoms with E-state index in [1.165, 1.54) is 5.56 Å². The fourth-order valence-electron chi connectivity index (χ4n) is 2.65. The molecule has 1 N–H and O–H groups in total. The molecule has 0 saturated carbocycles. The molecule has 0 spiro atoms. The summed E-state index contributed by atoms with van der Waals surface area (Å²) in [6, 6.07) is 3.94. The summed E-state index contributed by atoms with van der Waals surface area (Å²) in [4.78, 5) is 11.5. The maximum atomic E-state index is 11.5. The van der Waals surface area contributed by atoms with Crippen LogP contribution in [-0.4, -0.2) is 10.9 Å². The lowest BCUT2D eigenvalue weighted by Gasteiger charge is -2.25. The van der Waals surface area contributed by atoms with Crippen LogP contribution in [0, 0.1) is 0 Å². The van der Waals surface area contributed by atoms with E-state index in [0.29, 0.717) is 12.8 Å². The fraction of sp³-hybridized carbons (Fsp3) is 0.500. The Morgan fingerprint density at radius 3 is 2.50 bits per heavy atom. The van der Waals surface area contributed by atoms with Crippen LogP contribution in [0.1, 0.15) is 43.0 Å². The Balaban J connectivity index is 2.65. The van der Waals surface area contributed by atoms with Crippen molar-refractivity contribution in [1.29, 1.82) is 0 Å². The molecule has 1 aliphatic rings. The Hall–Kier alpha value is -1.15. The summed E-state index contributed by atoms with van der Waals surface area (Å²) in [5.74, 6) is 0.288. The lowest BCUT2D eigenvalue weighted by atomic mass is 9.79. The predicted octanol–water partition coefficient (Wildman–Crippen LogP) is 2.14. The first-order valence-corrected chi connectivity index (χ1v) is 5.70. The zero-order valence-electron chi connectivity index (χ0n) is 10.1. The maximum absolute atomic E-state index is 11.5. The van der Waals surface area contributed by atoms with E-state index in [1.807, 2.05) is 12.1 Å². The first-order valence-electron chi connectivity index (χ1n) is 5.70. The van der Waals surface area contributed by atoms with Crippen molar-refractivity contribution in [2.75, 3.05) is 0 Å². The van der Waals surface area contributed by atoms with Gasteiger partial charge in [0.15, 0.2) is 0 Å². The third-order valence-corrected chi connectivity index (χ3v) is 3.18. The molecule has 86 valence electrons. The van der Waals surface area contributed by atoms with Crippen LogP contribution in [0.25, 0.3) is 0 Å². The SMILES string of the molecule is CC(C)(C)c1c(CO)ccc2c1CC(=O)C2. The summed E-state index contributed by atoms with van der Waals surface area (Å²) < 4.78 is 0. The van der Waals surface area contributed by atoms with Gasteiger partial charge in [-0.2, -0.15) is 0 Å². The molecule has 1 aliphatic carbocycles. The Labute approximate surface area is 96.3 Å². The van der Waals surface area contributed by atoms with Crippen molar-refractivity contribution in [3.63, 3.8) is 0 Å². The minimum atomic E-state index is -0.0198. The van der Waals surface area contributed by atoms with Crippen molar-refractivity contribution in [2.45, 2.75) is 45.6 Å². The Bertz CT molecular complexity index is 439. The average Bonchev–Trinajstić information content (AvgIpc) is 2.54. The molecule has 1 aromatic rings. The van der Waals surface area contributed by atoms with Crippen molar-refractivity contribution in [2.24, 2.45) is 0 Å². The monoisotopic (exact) mass is 218 g/mol. The van der Waals surface area contributed by atoms with Gasteiger partial charge in [0.2, 0.25) is 0 Å². The summed E-state index contributed by atoms with van der Waals surface area (Å²) in [7, 11) is 0. The predicted molar refractivity (Wildman–Crippen MR) is 63.5 cm³/mol. The summed E-state index contributed by atoms with van der Waals surface area (Å²) in [5, 5.41) is 9.39. The van der Waals surface area contributed by atoms with E-state index in [9.17, 15) is 9.90 Å². The van der Waals surface area contributed by atoms with Gasteiger partial charge in [-0.25, -0.2) is 0 Å². The quantitative estimate of drug-likeness (QED) is 0.784. The second kappa shape index (κ2) is 3.70. The zero-order valence-corrected chi connectivity index (χ0v) is 10.1. The Morgan fingerprint density at radius 1 is 1.25 bits per heavy atom. The molecule has 0 atom stereocenters. The van der Waals surface area contributed by atoms with Gasteiger partial charge in [0.1, 0.15) is 5.78 Å². The highest BCUT2D eigenvalue weighted by atomic mass is 16.3. The minimum Gasteiger partial charge on any atom is -0.392 e. The first-order chi connectivity index (χ1) is 7.43. The molecule has 0 radical (unpaired) electrons. The second-order valence-corrected chi connectivity index (χ2v) is 5.54. The molecule has 2 rings (SSSR count). The van der Waals surface area contributed by atoms with E-state index in [4.69, 9.17) is 0 Å². The van der Waals surface area contributed by atoms with Gasteiger partial charge in [-0.15, -0.1) is 0 Å². The number of carbonyl (C=O) groups excluding carboxylic acids is 1. The molecule has 0 unspecified atom stereocenters. The molecule has 1 aromatic carbocycles. The number of carbonyl (C=O) groups is 1. The summed E-state index contributed by atoms with van der Waals surface area (Å²) in [6.07, 6.45) is 1.10. The van der Waals surface area contributed by atoms with Crippen LogP contribution in [0.5, 0.6) is 0 Å². The molecule has 2 heteroatoms. The number of fused-ring (bicyclic) bond motifs is 1. The Morgan fingerprint density at radius 2 is 1.94 bits per heavy atom. The van der Waals surface area contributed by atoms with E-state index in [0.717, 1.165) is 16.7 Å². The fourth-order valence-corrected chi connectivity index (χ4v) is 2.65. The molecule has 0 heterocycles. The molecule has 0 aromatic heterocycles. The van der Waals surface area contributed by atoms with E-state index >= 15 is 0 Å². The highest BCUT2D eigenvalue weighted by molar-refractivity contribution is 5.88. The molecule has 2 nitrogen and oxygen atoms in total. The topological polar surface area (TPSA) is 37.3 Å². The first kappa shape index (κ1) is 11.3. The highest BCUT2D eigenvalue weighted by Crippen LogP contribution is 2.35. The number of aliphatic hydroxyl groups excluding tert-OH is 1. The van der Waals surface area contributed by atoms with E-state index in [-0.39, 0.29) is 17.8 Å². The van der Waals surface area contributed by atoms with Crippen LogP contribution < -0.4 is 0 Å². The van der Waals surface area contributed by atoms with Gasteiger partial charge in [-0.05, 0) is 27.7 Å². The van der Waals surface area contributed by atoms with Crippen molar-refractivity contribution in [1.82, 2.24) is 0 Å². The lowest BCUT2D eigenvalue weighted by Crippen LogP contribution is -2.17. The van der Waals surface area contributed by atoms with Crippen molar-refractivity contribution < 1.29 is 9.90 Å². The Kier molecular flexibility index (Phi) is 2.62. The number of benzene rings is 1. The van der Waals surface area contributed by atoms with E-state index in [1.54, 1.807) is 0 Å². The van der Waals surface area contributed by atoms with Crippen LogP contribution in [0.4, 0.5) is 0 Å². The zero-order chi connectivity index (χ0) is 11.9. The number of hydrogen-bond acceptors (Lipinski definition) is 2. The molecule has 16 heavy (non-hydrogen) atoms. The normalized spacial score (nSPS) is 15.4. The van der Waals surface area contributed by atoms with Gasteiger partial charge < -0.3 is 5.11 Å². The largest absolute Gasteiger partial charge is 0.392 e. The molecule has 0 fully saturated rings. The van der Waals surface area contributed by atoms with E-state index in [2.05, 4.69) is 20.8 Å². The standard InChI is InChI=1S/C14H18O2/c1-14(2,3)13-10(8-15)5-4-9-6-11(16)7-12(9)13/h4-5,15H,6-8H2,1-3H3. The van der Waals surface area contributed by atoms with E-state index < -0.39 is 0 Å². The number of aliphatic hydroxyl groups is 1. The highest BCUT2D eigenvalue weighted by Gasteiger charge is 2.28. The number of rotatable bonds is 1. The molecule has 0 aliphatic heterocycles. The second-order valence-electron chi connectivity index (χ2n) is 5.54. The van der Waals surface area contributed by atoms with Crippen LogP contribution in [0.2, 0.25) is 0 Å². The average molecular weight is 218 g/mol. The minimum absolute atomic E-state index is 0.0198. The van der Waals surface area contributed by atoms with Gasteiger partial charge in [0.05, 0.1) is 6.61 Å². The van der Waals surface area contributed by atoms with Gasteiger partial charge >= 0.3 is 0 Å². The third kappa shape index (κ3) is 1.78. The molecule has 0 bridgehead atoms. The molecular weight excluding hydrogens is 200 g/mol. The summed E-state index contributed by atoms with van der Waals surface area (Å²) in [6.45, 7) is 6.44. The lowest BCUT2D eigenvalue weighted by molar-refractivity contribution is -0.117. The van der Waals surface area contributed by atoms with Gasteiger partial charge in [0.25, 0.3) is 0 Å². The maximum Gasteiger partial charge on any atom is 0.141 e. The summed E-state index contributed by atoms with van der Waals surface area (Å²) in [5.41, 5.74) is 4.41. The van der Waals surface area contributed by atoms with Gasteiger partial charge in [0, 0.05) is 12.8 Å².